The van der Waals surface area contributed by atoms with E-state index in [0.29, 0.717) is 11.6 Å². The van der Waals surface area contributed by atoms with Crippen LogP contribution in [0.4, 0.5) is 0 Å². The lowest BCUT2D eigenvalue weighted by atomic mass is 10.0. The molecule has 0 saturated heterocycles. The Balaban J connectivity index is 2.48. The first-order valence-electron chi connectivity index (χ1n) is 6.46. The van der Waals surface area contributed by atoms with Gasteiger partial charge in [0, 0.05) is 20.6 Å². The van der Waals surface area contributed by atoms with Crippen molar-refractivity contribution in [1.82, 2.24) is 0 Å². The molecule has 0 aliphatic carbocycles. The van der Waals surface area contributed by atoms with Crippen molar-refractivity contribution in [2.24, 2.45) is 0 Å². The van der Waals surface area contributed by atoms with Crippen molar-refractivity contribution in [3.63, 3.8) is 0 Å². The Bertz CT molecular complexity index is 632. The van der Waals surface area contributed by atoms with Crippen LogP contribution in [0.3, 0.4) is 0 Å². The van der Waals surface area contributed by atoms with Gasteiger partial charge >= 0.3 is 0 Å². The third kappa shape index (κ3) is 3.93. The summed E-state index contributed by atoms with van der Waals surface area (Å²) in [4.78, 5) is -0.0521. The summed E-state index contributed by atoms with van der Waals surface area (Å²) in [6.45, 7) is 2.59. The molecular weight excluding hydrogens is 419 g/mol. The number of alkyl halides is 1. The van der Waals surface area contributed by atoms with Gasteiger partial charge in [-0.1, -0.05) is 49.5 Å². The number of rotatable bonds is 5. The zero-order valence-electron chi connectivity index (χ0n) is 11.7. The first kappa shape index (κ1) is 16.7. The van der Waals surface area contributed by atoms with Crippen molar-refractivity contribution in [3.05, 3.63) is 57.0 Å². The van der Waals surface area contributed by atoms with E-state index in [1.165, 1.54) is 0 Å². The van der Waals surface area contributed by atoms with Crippen LogP contribution in [0.5, 0.6) is 11.5 Å². The highest BCUT2D eigenvalue weighted by Gasteiger charge is 2.19. The minimum atomic E-state index is -0.0521. The van der Waals surface area contributed by atoms with Crippen molar-refractivity contribution >= 4 is 43.5 Å². The molecule has 0 saturated carbocycles. The van der Waals surface area contributed by atoms with Gasteiger partial charge < -0.3 is 9.47 Å². The highest BCUT2D eigenvalue weighted by molar-refractivity contribution is 9.10. The van der Waals surface area contributed by atoms with Gasteiger partial charge in [-0.3, -0.25) is 0 Å². The van der Waals surface area contributed by atoms with E-state index in [2.05, 4.69) is 31.9 Å². The Morgan fingerprint density at radius 3 is 2.52 bits per heavy atom. The highest BCUT2D eigenvalue weighted by atomic mass is 79.9. The molecule has 0 aromatic heterocycles. The normalized spacial score (nSPS) is 12.0. The molecule has 112 valence electrons. The fourth-order valence-electron chi connectivity index (χ4n) is 2.07. The van der Waals surface area contributed by atoms with Crippen molar-refractivity contribution in [2.75, 3.05) is 13.7 Å². The van der Waals surface area contributed by atoms with E-state index in [1.54, 1.807) is 7.11 Å². The van der Waals surface area contributed by atoms with E-state index < -0.39 is 0 Å². The summed E-state index contributed by atoms with van der Waals surface area (Å²) in [5.74, 6) is 1.59. The van der Waals surface area contributed by atoms with Gasteiger partial charge in [0.25, 0.3) is 0 Å². The van der Waals surface area contributed by atoms with Gasteiger partial charge in [-0.15, -0.1) is 0 Å². The third-order valence-electron chi connectivity index (χ3n) is 3.01. The molecule has 2 nitrogen and oxygen atoms in total. The molecule has 0 heterocycles. The molecule has 1 atom stereocenters. The van der Waals surface area contributed by atoms with Gasteiger partial charge in [-0.05, 0) is 37.3 Å². The number of hydrogen-bond acceptors (Lipinski definition) is 2. The maximum absolute atomic E-state index is 6.03. The van der Waals surface area contributed by atoms with Gasteiger partial charge in [-0.25, -0.2) is 0 Å². The zero-order chi connectivity index (χ0) is 15.4. The molecule has 21 heavy (non-hydrogen) atoms. The molecule has 0 spiro atoms. The molecule has 0 fully saturated rings. The van der Waals surface area contributed by atoms with Crippen molar-refractivity contribution in [1.29, 1.82) is 0 Å². The third-order valence-corrected chi connectivity index (χ3v) is 4.73. The van der Waals surface area contributed by atoms with Crippen LogP contribution in [0.2, 0.25) is 5.02 Å². The van der Waals surface area contributed by atoms with Crippen LogP contribution in [0.15, 0.2) is 40.9 Å². The van der Waals surface area contributed by atoms with Crippen LogP contribution in [0.25, 0.3) is 0 Å². The minimum Gasteiger partial charge on any atom is -0.496 e. The van der Waals surface area contributed by atoms with Crippen LogP contribution >= 0.6 is 43.5 Å². The van der Waals surface area contributed by atoms with Crippen LogP contribution in [-0.2, 0) is 0 Å². The van der Waals surface area contributed by atoms with Crippen LogP contribution < -0.4 is 9.47 Å². The summed E-state index contributed by atoms with van der Waals surface area (Å²) in [6.07, 6.45) is 0. The Kier molecular flexibility index (Phi) is 5.97. The molecule has 0 aliphatic rings. The number of methoxy groups -OCH3 is 1. The summed E-state index contributed by atoms with van der Waals surface area (Å²) < 4.78 is 12.1. The van der Waals surface area contributed by atoms with Gasteiger partial charge in [0.1, 0.15) is 11.5 Å². The van der Waals surface area contributed by atoms with Gasteiger partial charge in [0.2, 0.25) is 0 Å². The van der Waals surface area contributed by atoms with E-state index in [4.69, 9.17) is 21.1 Å². The van der Waals surface area contributed by atoms with Gasteiger partial charge in [-0.2, -0.15) is 0 Å². The lowest BCUT2D eigenvalue weighted by Gasteiger charge is -2.18. The second-order valence-electron chi connectivity index (χ2n) is 4.36. The van der Waals surface area contributed by atoms with E-state index in [9.17, 15) is 0 Å². The smallest absolute Gasteiger partial charge is 0.125 e. The predicted molar refractivity (Wildman–Crippen MR) is 94.1 cm³/mol. The topological polar surface area (TPSA) is 18.5 Å². The molecular formula is C16H15Br2ClO2. The van der Waals surface area contributed by atoms with E-state index in [1.807, 2.05) is 43.3 Å². The maximum atomic E-state index is 6.03. The first-order chi connectivity index (χ1) is 10.1. The Hall–Kier alpha value is -0.710. The van der Waals surface area contributed by atoms with Crippen molar-refractivity contribution < 1.29 is 9.47 Å². The summed E-state index contributed by atoms with van der Waals surface area (Å²) >= 11 is 13.3. The standard InChI is InChI=1S/C16H15Br2ClO2/c1-3-21-14-7-4-10(17)8-13(14)16(18)12-6-5-11(19)9-15(12)20-2/h4-9,16H,3H2,1-2H3. The highest BCUT2D eigenvalue weighted by Crippen LogP contribution is 2.42. The SMILES string of the molecule is CCOc1ccc(Br)cc1C(Br)c1ccc(Cl)cc1OC. The number of halogens is 3. The number of benzene rings is 2. The van der Waals surface area contributed by atoms with E-state index in [0.717, 1.165) is 27.1 Å². The summed E-state index contributed by atoms with van der Waals surface area (Å²) in [7, 11) is 1.64. The molecule has 2 aromatic rings. The molecule has 1 unspecified atom stereocenters. The molecule has 0 radical (unpaired) electrons. The monoisotopic (exact) mass is 432 g/mol. The fraction of sp³-hybridized carbons (Fsp3) is 0.250. The first-order valence-corrected chi connectivity index (χ1v) is 8.55. The predicted octanol–water partition coefficient (Wildman–Crippen LogP) is 5.99. The van der Waals surface area contributed by atoms with Crippen molar-refractivity contribution in [3.8, 4) is 11.5 Å². The lowest BCUT2D eigenvalue weighted by Crippen LogP contribution is -2.02. The van der Waals surface area contributed by atoms with Crippen LogP contribution in [-0.4, -0.2) is 13.7 Å². The second-order valence-corrected chi connectivity index (χ2v) is 6.63. The zero-order valence-corrected chi connectivity index (χ0v) is 15.6. The minimum absolute atomic E-state index is 0.0521. The molecule has 2 aromatic carbocycles. The number of hydrogen-bond donors (Lipinski definition) is 0. The average Bonchev–Trinajstić information content (AvgIpc) is 2.48. The molecule has 0 N–H and O–H groups in total. The lowest BCUT2D eigenvalue weighted by molar-refractivity contribution is 0.337. The maximum Gasteiger partial charge on any atom is 0.125 e. The van der Waals surface area contributed by atoms with E-state index >= 15 is 0 Å². The quantitative estimate of drug-likeness (QED) is 0.538. The Labute approximate surface area is 146 Å². The molecule has 0 bridgehead atoms. The molecule has 0 aliphatic heterocycles. The largest absolute Gasteiger partial charge is 0.496 e. The summed E-state index contributed by atoms with van der Waals surface area (Å²) in [6, 6.07) is 11.6. The van der Waals surface area contributed by atoms with Gasteiger partial charge in [0.15, 0.2) is 0 Å². The molecule has 0 amide bonds. The van der Waals surface area contributed by atoms with Crippen LogP contribution in [0, 0.1) is 0 Å². The Morgan fingerprint density at radius 2 is 1.86 bits per heavy atom. The van der Waals surface area contributed by atoms with E-state index in [-0.39, 0.29) is 4.83 Å². The fourth-order valence-corrected chi connectivity index (χ4v) is 3.34. The summed E-state index contributed by atoms with van der Waals surface area (Å²) in [5, 5.41) is 0.648. The summed E-state index contributed by atoms with van der Waals surface area (Å²) in [5.41, 5.74) is 2.04. The second kappa shape index (κ2) is 7.52. The van der Waals surface area contributed by atoms with Crippen LogP contribution in [0.1, 0.15) is 22.9 Å². The molecule has 2 rings (SSSR count). The molecule has 5 heteroatoms. The van der Waals surface area contributed by atoms with Gasteiger partial charge in [0.05, 0.1) is 18.5 Å². The van der Waals surface area contributed by atoms with Crippen molar-refractivity contribution in [2.45, 2.75) is 11.8 Å². The Morgan fingerprint density at radius 1 is 1.10 bits per heavy atom. The average molecular weight is 435 g/mol. The number of ether oxygens (including phenoxy) is 2.